The first-order valence-corrected chi connectivity index (χ1v) is 4.69. The van der Waals surface area contributed by atoms with E-state index in [2.05, 4.69) is 25.1 Å². The van der Waals surface area contributed by atoms with Crippen LogP contribution in [0.5, 0.6) is 0 Å². The van der Waals surface area contributed by atoms with Gasteiger partial charge < -0.3 is 4.98 Å². The second-order valence-corrected chi connectivity index (χ2v) is 3.26. The SMILES string of the molecule is O=c1[nH]c(-c2ccccn2)nc2[nH]ncc12. The van der Waals surface area contributed by atoms with E-state index >= 15 is 0 Å². The molecule has 0 radical (unpaired) electrons. The highest BCUT2D eigenvalue weighted by Crippen LogP contribution is 2.11. The molecular weight excluding hydrogens is 206 g/mol. The molecule has 3 rings (SSSR count). The van der Waals surface area contributed by atoms with Crippen LogP contribution in [0.15, 0.2) is 35.4 Å². The molecule has 6 heteroatoms. The Bertz CT molecular complexity index is 685. The molecule has 0 saturated carbocycles. The van der Waals surface area contributed by atoms with Crippen molar-refractivity contribution in [1.29, 1.82) is 0 Å². The first-order valence-electron chi connectivity index (χ1n) is 4.69. The van der Waals surface area contributed by atoms with Crippen molar-refractivity contribution in [1.82, 2.24) is 25.1 Å². The predicted molar refractivity (Wildman–Crippen MR) is 57.7 cm³/mol. The van der Waals surface area contributed by atoms with Crippen LogP contribution < -0.4 is 5.56 Å². The van der Waals surface area contributed by atoms with Gasteiger partial charge in [-0.05, 0) is 12.1 Å². The van der Waals surface area contributed by atoms with E-state index in [4.69, 9.17) is 0 Å². The van der Waals surface area contributed by atoms with E-state index in [0.717, 1.165) is 0 Å². The number of aromatic nitrogens is 5. The van der Waals surface area contributed by atoms with E-state index in [9.17, 15) is 4.79 Å². The van der Waals surface area contributed by atoms with Crippen molar-refractivity contribution >= 4 is 11.0 Å². The van der Waals surface area contributed by atoms with Crippen LogP contribution in [0, 0.1) is 0 Å². The second kappa shape index (κ2) is 3.27. The number of hydrogen-bond acceptors (Lipinski definition) is 4. The average molecular weight is 213 g/mol. The van der Waals surface area contributed by atoms with Gasteiger partial charge in [-0.25, -0.2) is 4.98 Å². The summed E-state index contributed by atoms with van der Waals surface area (Å²) in [6.45, 7) is 0. The fourth-order valence-corrected chi connectivity index (χ4v) is 1.47. The molecule has 0 saturated heterocycles. The quantitative estimate of drug-likeness (QED) is 0.623. The number of pyridine rings is 1. The number of hydrogen-bond donors (Lipinski definition) is 2. The maximum absolute atomic E-state index is 11.7. The lowest BCUT2D eigenvalue weighted by atomic mass is 10.3. The van der Waals surface area contributed by atoms with Gasteiger partial charge in [-0.1, -0.05) is 6.07 Å². The van der Waals surface area contributed by atoms with Crippen LogP contribution in [0.25, 0.3) is 22.6 Å². The van der Waals surface area contributed by atoms with Gasteiger partial charge in [0, 0.05) is 6.20 Å². The third-order valence-corrected chi connectivity index (χ3v) is 2.23. The molecule has 0 bridgehead atoms. The van der Waals surface area contributed by atoms with Crippen molar-refractivity contribution < 1.29 is 0 Å². The molecule has 0 aromatic carbocycles. The Morgan fingerprint density at radius 2 is 2.19 bits per heavy atom. The number of nitrogens with one attached hydrogen (secondary N) is 2. The molecule has 3 aromatic rings. The molecule has 3 heterocycles. The molecule has 6 nitrogen and oxygen atoms in total. The standard InChI is InChI=1S/C10H7N5O/c16-10-6-5-12-15-8(6)13-9(14-10)7-3-1-2-4-11-7/h1-5H,(H2,12,13,14,15,16). The minimum absolute atomic E-state index is 0.223. The highest BCUT2D eigenvalue weighted by Gasteiger charge is 2.07. The summed E-state index contributed by atoms with van der Waals surface area (Å²) in [4.78, 5) is 22.7. The molecule has 2 N–H and O–H groups in total. The first kappa shape index (κ1) is 8.78. The Labute approximate surface area is 89.4 Å². The largest absolute Gasteiger partial charge is 0.305 e. The summed E-state index contributed by atoms with van der Waals surface area (Å²) in [7, 11) is 0. The van der Waals surface area contributed by atoms with E-state index in [1.54, 1.807) is 18.3 Å². The monoisotopic (exact) mass is 213 g/mol. The summed E-state index contributed by atoms with van der Waals surface area (Å²) >= 11 is 0. The predicted octanol–water partition coefficient (Wildman–Crippen LogP) is 0.708. The van der Waals surface area contributed by atoms with Gasteiger partial charge in [-0.3, -0.25) is 14.9 Å². The topological polar surface area (TPSA) is 87.3 Å². The zero-order chi connectivity index (χ0) is 11.0. The summed E-state index contributed by atoms with van der Waals surface area (Å²) in [5.74, 6) is 0.433. The molecule has 0 aliphatic carbocycles. The van der Waals surface area contributed by atoms with E-state index in [0.29, 0.717) is 22.6 Å². The van der Waals surface area contributed by atoms with Gasteiger partial charge in [0.15, 0.2) is 11.5 Å². The molecule has 0 unspecified atom stereocenters. The molecule has 0 fully saturated rings. The summed E-state index contributed by atoms with van der Waals surface area (Å²) in [5.41, 5.74) is 0.861. The van der Waals surface area contributed by atoms with Crippen LogP contribution in [0.3, 0.4) is 0 Å². The molecule has 78 valence electrons. The Balaban J connectivity index is 2.30. The molecule has 0 amide bonds. The molecule has 16 heavy (non-hydrogen) atoms. The minimum atomic E-state index is -0.223. The van der Waals surface area contributed by atoms with Gasteiger partial charge in [-0.15, -0.1) is 0 Å². The first-order chi connectivity index (χ1) is 7.84. The lowest BCUT2D eigenvalue weighted by Crippen LogP contribution is -2.08. The van der Waals surface area contributed by atoms with Crippen LogP contribution in [0.1, 0.15) is 0 Å². The number of H-pyrrole nitrogens is 2. The Hall–Kier alpha value is -2.50. The van der Waals surface area contributed by atoms with Crippen molar-refractivity contribution in [2.24, 2.45) is 0 Å². The number of nitrogens with zero attached hydrogens (tertiary/aromatic N) is 3. The zero-order valence-corrected chi connectivity index (χ0v) is 8.14. The fraction of sp³-hybridized carbons (Fsp3) is 0. The molecule has 3 aromatic heterocycles. The van der Waals surface area contributed by atoms with E-state index in [1.165, 1.54) is 6.20 Å². The maximum Gasteiger partial charge on any atom is 0.262 e. The van der Waals surface area contributed by atoms with Gasteiger partial charge in [0.1, 0.15) is 11.1 Å². The number of fused-ring (bicyclic) bond motifs is 1. The second-order valence-electron chi connectivity index (χ2n) is 3.26. The number of aromatic amines is 2. The van der Waals surface area contributed by atoms with Crippen molar-refractivity contribution in [3.05, 3.63) is 40.9 Å². The minimum Gasteiger partial charge on any atom is -0.305 e. The van der Waals surface area contributed by atoms with Crippen molar-refractivity contribution in [2.45, 2.75) is 0 Å². The van der Waals surface area contributed by atoms with Gasteiger partial charge in [-0.2, -0.15) is 5.10 Å². The van der Waals surface area contributed by atoms with Gasteiger partial charge >= 0.3 is 0 Å². The number of rotatable bonds is 1. The Morgan fingerprint density at radius 3 is 3.00 bits per heavy atom. The summed E-state index contributed by atoms with van der Waals surface area (Å²) in [6.07, 6.45) is 3.09. The van der Waals surface area contributed by atoms with Gasteiger partial charge in [0.05, 0.1) is 6.20 Å². The van der Waals surface area contributed by atoms with Crippen molar-refractivity contribution in [3.63, 3.8) is 0 Å². The van der Waals surface area contributed by atoms with Crippen LogP contribution >= 0.6 is 0 Å². The van der Waals surface area contributed by atoms with E-state index < -0.39 is 0 Å². The highest BCUT2D eigenvalue weighted by molar-refractivity contribution is 5.74. The zero-order valence-electron chi connectivity index (χ0n) is 8.14. The summed E-state index contributed by atoms with van der Waals surface area (Å²) in [5, 5.41) is 6.87. The Kier molecular flexibility index (Phi) is 1.79. The van der Waals surface area contributed by atoms with Crippen LogP contribution in [0.4, 0.5) is 0 Å². The average Bonchev–Trinajstić information content (AvgIpc) is 2.79. The fourth-order valence-electron chi connectivity index (χ4n) is 1.47. The lowest BCUT2D eigenvalue weighted by Gasteiger charge is -1.98. The maximum atomic E-state index is 11.7. The molecule has 0 aliphatic heterocycles. The van der Waals surface area contributed by atoms with Gasteiger partial charge in [0.2, 0.25) is 0 Å². The summed E-state index contributed by atoms with van der Waals surface area (Å²) < 4.78 is 0. The highest BCUT2D eigenvalue weighted by atomic mass is 16.1. The lowest BCUT2D eigenvalue weighted by molar-refractivity contribution is 1.08. The van der Waals surface area contributed by atoms with Crippen LogP contribution in [0.2, 0.25) is 0 Å². The summed E-state index contributed by atoms with van der Waals surface area (Å²) in [6, 6.07) is 5.41. The molecule has 0 atom stereocenters. The molecular formula is C10H7N5O. The van der Waals surface area contributed by atoms with Crippen molar-refractivity contribution in [2.75, 3.05) is 0 Å². The van der Waals surface area contributed by atoms with Crippen LogP contribution in [-0.4, -0.2) is 25.1 Å². The molecule has 0 aliphatic rings. The Morgan fingerprint density at radius 1 is 1.25 bits per heavy atom. The normalized spacial score (nSPS) is 10.8. The molecule has 0 spiro atoms. The smallest absolute Gasteiger partial charge is 0.262 e. The van der Waals surface area contributed by atoms with E-state index in [-0.39, 0.29) is 5.56 Å². The third-order valence-electron chi connectivity index (χ3n) is 2.23. The third kappa shape index (κ3) is 1.28. The van der Waals surface area contributed by atoms with Gasteiger partial charge in [0.25, 0.3) is 5.56 Å². The van der Waals surface area contributed by atoms with E-state index in [1.807, 2.05) is 6.07 Å². The van der Waals surface area contributed by atoms with Crippen LogP contribution in [-0.2, 0) is 0 Å². The van der Waals surface area contributed by atoms with Crippen molar-refractivity contribution in [3.8, 4) is 11.5 Å².